The van der Waals surface area contributed by atoms with Crippen molar-refractivity contribution < 1.29 is 30.0 Å². The average molecular weight is 577 g/mol. The minimum Gasteiger partial charge on any atom is -0.343 e. The largest absolute Gasteiger partial charge is 0.416 e. The third kappa shape index (κ3) is 5.61. The summed E-state index contributed by atoms with van der Waals surface area (Å²) in [4.78, 5) is 0.120. The van der Waals surface area contributed by atoms with Crippen molar-refractivity contribution in [2.75, 3.05) is 19.3 Å². The molecular formula is C28H27F3N2O4S2. The fourth-order valence-electron chi connectivity index (χ4n) is 5.14. The summed E-state index contributed by atoms with van der Waals surface area (Å²) in [5.41, 5.74) is 2.12. The third-order valence-electron chi connectivity index (χ3n) is 7.24. The number of piperidine rings is 1. The lowest BCUT2D eigenvalue weighted by Gasteiger charge is -2.31. The van der Waals surface area contributed by atoms with E-state index in [1.807, 2.05) is 35.0 Å². The lowest BCUT2D eigenvalue weighted by atomic mass is 9.90. The van der Waals surface area contributed by atoms with E-state index in [0.29, 0.717) is 32.5 Å². The highest BCUT2D eigenvalue weighted by Gasteiger charge is 2.32. The second kappa shape index (κ2) is 10.1. The van der Waals surface area contributed by atoms with Gasteiger partial charge in [0.25, 0.3) is 0 Å². The molecule has 11 heteroatoms. The van der Waals surface area contributed by atoms with Crippen molar-refractivity contribution in [1.82, 2.24) is 8.87 Å². The number of rotatable bonds is 6. The summed E-state index contributed by atoms with van der Waals surface area (Å²) in [5.74, 6) is 0.114. The van der Waals surface area contributed by atoms with Gasteiger partial charge in [-0.25, -0.2) is 16.8 Å². The van der Waals surface area contributed by atoms with Crippen LogP contribution in [0.2, 0.25) is 0 Å². The molecule has 0 saturated carbocycles. The Morgan fingerprint density at radius 3 is 2.00 bits per heavy atom. The molecule has 206 valence electrons. The van der Waals surface area contributed by atoms with Crippen LogP contribution in [0.3, 0.4) is 0 Å². The van der Waals surface area contributed by atoms with Gasteiger partial charge in [-0.15, -0.1) is 0 Å². The van der Waals surface area contributed by atoms with Crippen molar-refractivity contribution in [2.24, 2.45) is 0 Å². The number of nitrogens with zero attached hydrogens (tertiary/aromatic N) is 2. The Morgan fingerprint density at radius 2 is 1.41 bits per heavy atom. The number of halogens is 3. The second-order valence-corrected chi connectivity index (χ2v) is 13.8. The summed E-state index contributed by atoms with van der Waals surface area (Å²) in [7, 11) is -7.20. The van der Waals surface area contributed by atoms with Crippen molar-refractivity contribution in [3.05, 3.63) is 95.7 Å². The van der Waals surface area contributed by atoms with E-state index >= 15 is 0 Å². The van der Waals surface area contributed by atoms with Crippen LogP contribution in [0.25, 0.3) is 10.9 Å². The maximum absolute atomic E-state index is 13.2. The van der Waals surface area contributed by atoms with Gasteiger partial charge in [-0.2, -0.15) is 17.5 Å². The van der Waals surface area contributed by atoms with E-state index in [2.05, 4.69) is 0 Å². The lowest BCUT2D eigenvalue weighted by Crippen LogP contribution is -2.37. The molecular weight excluding hydrogens is 549 g/mol. The van der Waals surface area contributed by atoms with Crippen molar-refractivity contribution in [2.45, 2.75) is 41.3 Å². The van der Waals surface area contributed by atoms with E-state index in [-0.39, 0.29) is 15.7 Å². The molecule has 3 aromatic carbocycles. The predicted molar refractivity (Wildman–Crippen MR) is 143 cm³/mol. The number of hydrogen-bond acceptors (Lipinski definition) is 4. The first kappa shape index (κ1) is 27.4. The number of fused-ring (bicyclic) bond motifs is 1. The molecule has 5 rings (SSSR count). The molecule has 0 unspecified atom stereocenters. The number of sulfone groups is 1. The standard InChI is InChI=1S/C28H27F3N2O4S2/c1-38(34,35)23-10-12-24(13-11-23)39(36,37)33-16-14-21(15-17-33)26-19-32(27-5-3-2-4-25(26)27)18-20-6-8-22(9-7-20)28(29,30)31/h2-13,19,21H,14-18H2,1H3. The van der Waals surface area contributed by atoms with Crippen LogP contribution < -0.4 is 0 Å². The van der Waals surface area contributed by atoms with Gasteiger partial charge in [0.1, 0.15) is 0 Å². The number of para-hydroxylation sites is 1. The summed E-state index contributed by atoms with van der Waals surface area (Å²) >= 11 is 0. The zero-order valence-corrected chi connectivity index (χ0v) is 22.7. The first-order valence-corrected chi connectivity index (χ1v) is 15.7. The molecule has 1 fully saturated rings. The first-order valence-electron chi connectivity index (χ1n) is 12.4. The van der Waals surface area contributed by atoms with E-state index < -0.39 is 31.6 Å². The van der Waals surface area contributed by atoms with Crippen molar-refractivity contribution in [1.29, 1.82) is 0 Å². The molecule has 6 nitrogen and oxygen atoms in total. The monoisotopic (exact) mass is 576 g/mol. The molecule has 1 saturated heterocycles. The molecule has 1 aliphatic rings. The van der Waals surface area contributed by atoms with Gasteiger partial charge in [-0.3, -0.25) is 0 Å². The normalized spacial score (nSPS) is 16.1. The van der Waals surface area contributed by atoms with Gasteiger partial charge in [-0.05, 0) is 72.4 Å². The SMILES string of the molecule is CS(=O)(=O)c1ccc(S(=O)(=O)N2CCC(c3cn(Cc4ccc(C(F)(F)F)cc4)c4ccccc34)CC2)cc1. The topological polar surface area (TPSA) is 76.4 Å². The number of benzene rings is 3. The van der Waals surface area contributed by atoms with Crippen LogP contribution in [0, 0.1) is 0 Å². The maximum atomic E-state index is 13.2. The summed E-state index contributed by atoms with van der Waals surface area (Å²) < 4.78 is 92.1. The number of alkyl halides is 3. The zero-order valence-electron chi connectivity index (χ0n) is 21.1. The molecule has 4 aromatic rings. The number of sulfonamides is 1. The van der Waals surface area contributed by atoms with E-state index in [0.717, 1.165) is 40.4 Å². The quantitative estimate of drug-likeness (QED) is 0.296. The first-order chi connectivity index (χ1) is 18.3. The van der Waals surface area contributed by atoms with E-state index in [4.69, 9.17) is 0 Å². The summed E-state index contributed by atoms with van der Waals surface area (Å²) in [5, 5.41) is 1.04. The summed E-state index contributed by atoms with van der Waals surface area (Å²) in [6.07, 6.45) is -0.0689. The van der Waals surface area contributed by atoms with E-state index in [9.17, 15) is 30.0 Å². The molecule has 0 radical (unpaired) electrons. The Kier molecular flexibility index (Phi) is 7.11. The molecule has 0 atom stereocenters. The Balaban J connectivity index is 1.34. The molecule has 0 N–H and O–H groups in total. The van der Waals surface area contributed by atoms with Gasteiger partial charge >= 0.3 is 6.18 Å². The molecule has 0 aliphatic carbocycles. The number of aromatic nitrogens is 1. The van der Waals surface area contributed by atoms with Crippen molar-refractivity contribution >= 4 is 30.8 Å². The highest BCUT2D eigenvalue weighted by Crippen LogP contribution is 2.36. The minimum absolute atomic E-state index is 0.0569. The smallest absolute Gasteiger partial charge is 0.343 e. The van der Waals surface area contributed by atoms with E-state index in [1.54, 1.807) is 0 Å². The van der Waals surface area contributed by atoms with Crippen LogP contribution in [0.5, 0.6) is 0 Å². The van der Waals surface area contributed by atoms with Crippen LogP contribution in [0.4, 0.5) is 13.2 Å². The Labute approximate surface area is 225 Å². The number of hydrogen-bond donors (Lipinski definition) is 0. The Morgan fingerprint density at radius 1 is 0.821 bits per heavy atom. The van der Waals surface area contributed by atoms with Gasteiger partial charge in [-0.1, -0.05) is 30.3 Å². The average Bonchev–Trinajstić information content (AvgIpc) is 3.26. The highest BCUT2D eigenvalue weighted by atomic mass is 32.2. The molecule has 0 amide bonds. The van der Waals surface area contributed by atoms with Gasteiger partial charge in [0.2, 0.25) is 10.0 Å². The zero-order chi connectivity index (χ0) is 28.0. The fourth-order valence-corrected chi connectivity index (χ4v) is 7.24. The Bertz CT molecular complexity index is 1700. The van der Waals surface area contributed by atoms with Crippen LogP contribution in [-0.4, -0.2) is 45.1 Å². The van der Waals surface area contributed by atoms with Gasteiger partial charge < -0.3 is 4.57 Å². The van der Waals surface area contributed by atoms with Crippen LogP contribution >= 0.6 is 0 Å². The van der Waals surface area contributed by atoms with Crippen LogP contribution in [-0.2, 0) is 32.6 Å². The van der Waals surface area contributed by atoms with Gasteiger partial charge in [0, 0.05) is 43.0 Å². The molecule has 2 heterocycles. The molecule has 1 aliphatic heterocycles. The summed E-state index contributed by atoms with van der Waals surface area (Å²) in [6, 6.07) is 18.3. The minimum atomic E-state index is -4.38. The van der Waals surface area contributed by atoms with Gasteiger partial charge in [0.05, 0.1) is 15.4 Å². The fraction of sp³-hybridized carbons (Fsp3) is 0.286. The molecule has 1 aromatic heterocycles. The predicted octanol–water partition coefficient (Wildman–Crippen LogP) is 5.68. The molecule has 0 bridgehead atoms. The van der Waals surface area contributed by atoms with Crippen LogP contribution in [0.1, 0.15) is 35.4 Å². The highest BCUT2D eigenvalue weighted by molar-refractivity contribution is 7.90. The summed E-state index contributed by atoms with van der Waals surface area (Å²) in [6.45, 7) is 1.05. The van der Waals surface area contributed by atoms with Gasteiger partial charge in [0.15, 0.2) is 9.84 Å². The van der Waals surface area contributed by atoms with Crippen molar-refractivity contribution in [3.63, 3.8) is 0 Å². The van der Waals surface area contributed by atoms with E-state index in [1.165, 1.54) is 40.7 Å². The maximum Gasteiger partial charge on any atom is 0.416 e. The van der Waals surface area contributed by atoms with Crippen molar-refractivity contribution in [3.8, 4) is 0 Å². The third-order valence-corrected chi connectivity index (χ3v) is 10.3. The lowest BCUT2D eigenvalue weighted by molar-refractivity contribution is -0.137. The molecule has 0 spiro atoms. The molecule has 39 heavy (non-hydrogen) atoms. The second-order valence-electron chi connectivity index (χ2n) is 9.85. The van der Waals surface area contributed by atoms with Crippen LogP contribution in [0.15, 0.2) is 88.8 Å². The Hall–Kier alpha value is -3.15.